The molecule has 9 nitrogen and oxygen atoms in total. The summed E-state index contributed by atoms with van der Waals surface area (Å²) in [6.07, 6.45) is 2.02. The van der Waals surface area contributed by atoms with E-state index in [0.29, 0.717) is 17.3 Å². The molecule has 0 aliphatic heterocycles. The second kappa shape index (κ2) is 7.87. The lowest BCUT2D eigenvalue weighted by Gasteiger charge is -2.09. The number of carboxylic acid groups (broad SMARTS) is 1. The highest BCUT2D eigenvalue weighted by Gasteiger charge is 2.17. The lowest BCUT2D eigenvalue weighted by atomic mass is 10.1. The maximum Gasteiger partial charge on any atom is 0.336 e. The van der Waals surface area contributed by atoms with Crippen LogP contribution in [-0.4, -0.2) is 31.2 Å². The van der Waals surface area contributed by atoms with E-state index < -0.39 is 10.9 Å². The van der Waals surface area contributed by atoms with Gasteiger partial charge in [-0.1, -0.05) is 24.8 Å². The van der Waals surface area contributed by atoms with E-state index in [4.69, 9.17) is 0 Å². The van der Waals surface area contributed by atoms with Gasteiger partial charge in [0.2, 0.25) is 5.82 Å². The van der Waals surface area contributed by atoms with Crippen molar-refractivity contribution in [3.05, 3.63) is 63.8 Å². The van der Waals surface area contributed by atoms with Crippen LogP contribution in [0.25, 0.3) is 0 Å². The monoisotopic (exact) mass is 385 g/mol. The number of nitrogens with one attached hydrogen (secondary N) is 2. The largest absolute Gasteiger partial charge is 0.478 e. The normalized spacial score (nSPS) is 10.6. The van der Waals surface area contributed by atoms with E-state index in [1.54, 1.807) is 18.2 Å². The van der Waals surface area contributed by atoms with Gasteiger partial charge in [0.25, 0.3) is 0 Å². The third kappa shape index (κ3) is 4.06. The van der Waals surface area contributed by atoms with Gasteiger partial charge in [0.1, 0.15) is 0 Å². The summed E-state index contributed by atoms with van der Waals surface area (Å²) in [4.78, 5) is 26.7. The van der Waals surface area contributed by atoms with Gasteiger partial charge in [-0.15, -0.1) is 0 Å². The van der Waals surface area contributed by atoms with E-state index in [-0.39, 0.29) is 17.1 Å². The molecule has 0 unspecified atom stereocenters. The minimum Gasteiger partial charge on any atom is -0.478 e. The maximum absolute atomic E-state index is 11.4. The molecule has 2 aromatic heterocycles. The van der Waals surface area contributed by atoms with Crippen molar-refractivity contribution in [2.75, 3.05) is 5.32 Å². The Labute approximate surface area is 158 Å². The molecule has 0 aliphatic carbocycles. The van der Waals surface area contributed by atoms with Crippen LogP contribution in [0.1, 0.15) is 22.8 Å². The third-order valence-corrected chi connectivity index (χ3v) is 4.75. The molecule has 3 aromatic rings. The van der Waals surface area contributed by atoms with Crippen LogP contribution in [0.4, 0.5) is 17.3 Å². The molecule has 0 radical (unpaired) electrons. The highest BCUT2D eigenvalue weighted by molar-refractivity contribution is 7.99. The molecule has 0 saturated heterocycles. The summed E-state index contributed by atoms with van der Waals surface area (Å²) in [5.41, 5.74) is 0.848. The Kier molecular flexibility index (Phi) is 5.36. The van der Waals surface area contributed by atoms with Crippen molar-refractivity contribution >= 4 is 35.1 Å². The maximum atomic E-state index is 11.4. The van der Waals surface area contributed by atoms with Crippen LogP contribution in [0.2, 0.25) is 0 Å². The number of benzene rings is 1. The number of H-pyrrole nitrogens is 1. The Bertz CT molecular complexity index is 1000. The molecule has 0 bridgehead atoms. The highest BCUT2D eigenvalue weighted by atomic mass is 32.2. The fourth-order valence-corrected chi connectivity index (χ4v) is 3.55. The van der Waals surface area contributed by atoms with Crippen molar-refractivity contribution < 1.29 is 14.8 Å². The van der Waals surface area contributed by atoms with Gasteiger partial charge >= 0.3 is 11.7 Å². The second-order valence-electron chi connectivity index (χ2n) is 5.41. The smallest absolute Gasteiger partial charge is 0.336 e. The lowest BCUT2D eigenvalue weighted by molar-refractivity contribution is -0.384. The average Bonchev–Trinajstić information content (AvgIpc) is 3.08. The summed E-state index contributed by atoms with van der Waals surface area (Å²) in [5.74, 6) is -0.511. The van der Waals surface area contributed by atoms with Gasteiger partial charge in [-0.2, -0.15) is 5.10 Å². The fraction of sp³-hybridized carbons (Fsp3) is 0.118. The van der Waals surface area contributed by atoms with Crippen molar-refractivity contribution in [3.63, 3.8) is 0 Å². The molecule has 3 N–H and O–H groups in total. The van der Waals surface area contributed by atoms with Gasteiger partial charge in [0.05, 0.1) is 15.5 Å². The Hall–Kier alpha value is -3.40. The Morgan fingerprint density at radius 3 is 2.89 bits per heavy atom. The number of aromatic carboxylic acids is 1. The SMILES string of the molecule is CCc1c(Sc2cc(Nc3ncccc3[N+](=O)[O-])n[nH]2)cccc1C(=O)O. The van der Waals surface area contributed by atoms with Crippen LogP contribution in [0, 0.1) is 10.1 Å². The molecule has 0 amide bonds. The molecule has 0 spiro atoms. The number of anilines is 2. The van der Waals surface area contributed by atoms with E-state index in [1.165, 1.54) is 30.1 Å². The van der Waals surface area contributed by atoms with Gasteiger partial charge in [-0.05, 0) is 30.2 Å². The number of carboxylic acids is 1. The van der Waals surface area contributed by atoms with Crippen molar-refractivity contribution in [2.45, 2.75) is 23.3 Å². The number of nitro groups is 1. The van der Waals surface area contributed by atoms with Gasteiger partial charge < -0.3 is 10.4 Å². The number of aromatic amines is 1. The summed E-state index contributed by atoms with van der Waals surface area (Å²) in [7, 11) is 0. The average molecular weight is 385 g/mol. The van der Waals surface area contributed by atoms with Crippen LogP contribution < -0.4 is 5.32 Å². The van der Waals surface area contributed by atoms with Crippen LogP contribution in [0.15, 0.2) is 52.5 Å². The third-order valence-electron chi connectivity index (χ3n) is 3.72. The number of hydrogen-bond acceptors (Lipinski definition) is 7. The van der Waals surface area contributed by atoms with E-state index in [1.807, 2.05) is 13.0 Å². The molecule has 138 valence electrons. The second-order valence-corrected chi connectivity index (χ2v) is 6.50. The standard InChI is InChI=1S/C17H15N5O4S/c1-2-10-11(17(23)24)5-3-7-13(10)27-15-9-14(20-21-15)19-16-12(22(25)26)6-4-8-18-16/h3-9H,2H2,1H3,(H,23,24)(H2,18,19,20,21). The zero-order valence-electron chi connectivity index (χ0n) is 14.2. The predicted molar refractivity (Wildman–Crippen MR) is 99.7 cm³/mol. The van der Waals surface area contributed by atoms with Crippen LogP contribution >= 0.6 is 11.8 Å². The summed E-state index contributed by atoms with van der Waals surface area (Å²) in [5, 5.41) is 30.8. The van der Waals surface area contributed by atoms with Gasteiger partial charge in [-0.25, -0.2) is 9.78 Å². The van der Waals surface area contributed by atoms with Crippen LogP contribution in [0.3, 0.4) is 0 Å². The Morgan fingerprint density at radius 1 is 1.37 bits per heavy atom. The number of pyridine rings is 1. The minimum absolute atomic E-state index is 0.0904. The molecule has 3 rings (SSSR count). The van der Waals surface area contributed by atoms with Crippen molar-refractivity contribution in [3.8, 4) is 0 Å². The molecule has 0 aliphatic rings. The van der Waals surface area contributed by atoms with Gasteiger partial charge in [0.15, 0.2) is 5.82 Å². The van der Waals surface area contributed by atoms with Crippen LogP contribution in [0.5, 0.6) is 0 Å². The molecule has 1 aromatic carbocycles. The molecular weight excluding hydrogens is 370 g/mol. The van der Waals surface area contributed by atoms with E-state index >= 15 is 0 Å². The van der Waals surface area contributed by atoms with Gasteiger partial charge in [0, 0.05) is 23.2 Å². The molecule has 10 heteroatoms. The summed E-state index contributed by atoms with van der Waals surface area (Å²) in [6, 6.07) is 9.62. The summed E-state index contributed by atoms with van der Waals surface area (Å²) >= 11 is 1.34. The molecular formula is C17H15N5O4S. The molecule has 0 fully saturated rings. The Morgan fingerprint density at radius 2 is 2.19 bits per heavy atom. The van der Waals surface area contributed by atoms with Crippen molar-refractivity contribution in [1.29, 1.82) is 0 Å². The first-order valence-electron chi connectivity index (χ1n) is 7.94. The van der Waals surface area contributed by atoms with Gasteiger partial charge in [-0.3, -0.25) is 15.2 Å². The molecule has 2 heterocycles. The zero-order valence-corrected chi connectivity index (χ0v) is 15.0. The number of carbonyl (C=O) groups is 1. The number of hydrogen-bond donors (Lipinski definition) is 3. The Balaban J connectivity index is 1.83. The summed E-state index contributed by atoms with van der Waals surface area (Å²) in [6.45, 7) is 1.89. The first-order valence-corrected chi connectivity index (χ1v) is 8.76. The van der Waals surface area contributed by atoms with Crippen LogP contribution in [-0.2, 0) is 6.42 Å². The predicted octanol–water partition coefficient (Wildman–Crippen LogP) is 3.87. The zero-order chi connectivity index (χ0) is 19.4. The quantitative estimate of drug-likeness (QED) is 0.412. The first kappa shape index (κ1) is 18.4. The number of rotatable bonds is 7. The summed E-state index contributed by atoms with van der Waals surface area (Å²) < 4.78 is 0. The highest BCUT2D eigenvalue weighted by Crippen LogP contribution is 2.33. The molecule has 0 atom stereocenters. The first-order chi connectivity index (χ1) is 13.0. The van der Waals surface area contributed by atoms with E-state index in [9.17, 15) is 20.0 Å². The van der Waals surface area contributed by atoms with E-state index in [2.05, 4.69) is 20.5 Å². The number of nitrogens with zero attached hydrogens (tertiary/aromatic N) is 3. The topological polar surface area (TPSA) is 134 Å². The van der Waals surface area contributed by atoms with E-state index in [0.717, 1.165) is 10.5 Å². The molecule has 27 heavy (non-hydrogen) atoms. The lowest BCUT2D eigenvalue weighted by Crippen LogP contribution is -2.02. The number of aromatic nitrogens is 3. The van der Waals surface area contributed by atoms with Crippen molar-refractivity contribution in [1.82, 2.24) is 15.2 Å². The fourth-order valence-electron chi connectivity index (χ4n) is 2.53. The molecule has 0 saturated carbocycles. The minimum atomic E-state index is -0.969. The van der Waals surface area contributed by atoms with Crippen molar-refractivity contribution in [2.24, 2.45) is 0 Å².